The molecule has 172 valence electrons. The number of nitrogens with one attached hydrogen (secondary N) is 3. The maximum Gasteiger partial charge on any atom is 0.416 e. The number of rotatable bonds is 7. The van der Waals surface area contributed by atoms with E-state index in [0.29, 0.717) is 23.8 Å². The van der Waals surface area contributed by atoms with Gasteiger partial charge in [0.2, 0.25) is 0 Å². The van der Waals surface area contributed by atoms with Crippen LogP contribution in [0.15, 0.2) is 48.5 Å². The van der Waals surface area contributed by atoms with Crippen molar-refractivity contribution in [2.24, 2.45) is 0 Å². The quantitative estimate of drug-likeness (QED) is 0.599. The summed E-state index contributed by atoms with van der Waals surface area (Å²) in [5, 5.41) is 5.34. The first-order valence-corrected chi connectivity index (χ1v) is 10.2. The van der Waals surface area contributed by atoms with Crippen molar-refractivity contribution < 1.29 is 32.4 Å². The lowest BCUT2D eigenvalue weighted by Gasteiger charge is -2.28. The Bertz CT molecular complexity index is 912. The second-order valence-corrected chi connectivity index (χ2v) is 7.63. The highest BCUT2D eigenvalue weighted by Gasteiger charge is 2.30. The third-order valence-corrected chi connectivity index (χ3v) is 4.95. The SMILES string of the molecule is C[NH+](CC(=O)Nc1ccc(N2CCOCC2)cc1)CC(=O)Nc1ccc(C(F)(F)F)cc1. The number of amides is 2. The number of hydrogen-bond acceptors (Lipinski definition) is 4. The minimum Gasteiger partial charge on any atom is -0.378 e. The van der Waals surface area contributed by atoms with Crippen molar-refractivity contribution in [2.75, 3.05) is 62.0 Å². The Morgan fingerprint density at radius 2 is 1.38 bits per heavy atom. The van der Waals surface area contributed by atoms with E-state index in [0.717, 1.165) is 30.9 Å². The van der Waals surface area contributed by atoms with Crippen LogP contribution in [-0.4, -0.2) is 58.3 Å². The molecule has 1 unspecified atom stereocenters. The zero-order chi connectivity index (χ0) is 23.1. The third-order valence-electron chi connectivity index (χ3n) is 4.95. The second kappa shape index (κ2) is 10.5. The smallest absolute Gasteiger partial charge is 0.378 e. The molecule has 7 nitrogen and oxygen atoms in total. The van der Waals surface area contributed by atoms with Crippen LogP contribution in [0.4, 0.5) is 30.2 Å². The summed E-state index contributed by atoms with van der Waals surface area (Å²) in [6, 6.07) is 11.7. The number of carbonyl (C=O) groups excluding carboxylic acids is 2. The zero-order valence-electron chi connectivity index (χ0n) is 17.7. The average molecular weight is 451 g/mol. The summed E-state index contributed by atoms with van der Waals surface area (Å²) in [6.45, 7) is 3.10. The van der Waals surface area contributed by atoms with Crippen LogP contribution >= 0.6 is 0 Å². The van der Waals surface area contributed by atoms with Crippen molar-refractivity contribution in [1.29, 1.82) is 0 Å². The Labute approximate surface area is 184 Å². The maximum atomic E-state index is 12.6. The van der Waals surface area contributed by atoms with Crippen LogP contribution in [-0.2, 0) is 20.5 Å². The van der Waals surface area contributed by atoms with Gasteiger partial charge < -0.3 is 25.2 Å². The van der Waals surface area contributed by atoms with E-state index in [9.17, 15) is 22.8 Å². The van der Waals surface area contributed by atoms with Gasteiger partial charge in [-0.05, 0) is 48.5 Å². The molecule has 1 heterocycles. The molecule has 0 saturated carbocycles. The molecule has 2 aromatic rings. The molecule has 1 aliphatic rings. The van der Waals surface area contributed by atoms with Crippen LogP contribution in [0.1, 0.15) is 5.56 Å². The Hall–Kier alpha value is -3.11. The first-order valence-electron chi connectivity index (χ1n) is 10.2. The highest BCUT2D eigenvalue weighted by Crippen LogP contribution is 2.29. The van der Waals surface area contributed by atoms with Crippen LogP contribution in [0.3, 0.4) is 0 Å². The maximum absolute atomic E-state index is 12.6. The van der Waals surface area contributed by atoms with Gasteiger partial charge in [-0.3, -0.25) is 9.59 Å². The third kappa shape index (κ3) is 6.96. The summed E-state index contributed by atoms with van der Waals surface area (Å²) in [5.74, 6) is -0.645. The van der Waals surface area contributed by atoms with Gasteiger partial charge in [-0.1, -0.05) is 0 Å². The molecule has 1 atom stereocenters. The Kier molecular flexibility index (Phi) is 7.70. The number of carbonyl (C=O) groups is 2. The number of likely N-dealkylation sites (N-methyl/N-ethyl adjacent to an activating group) is 1. The summed E-state index contributed by atoms with van der Waals surface area (Å²) in [4.78, 5) is 27.3. The number of halogens is 3. The van der Waals surface area contributed by atoms with E-state index in [4.69, 9.17) is 4.74 Å². The van der Waals surface area contributed by atoms with Gasteiger partial charge in [0.1, 0.15) is 0 Å². The minimum absolute atomic E-state index is 0.00951. The van der Waals surface area contributed by atoms with E-state index in [1.807, 2.05) is 24.3 Å². The van der Waals surface area contributed by atoms with E-state index in [1.165, 1.54) is 12.1 Å². The lowest BCUT2D eigenvalue weighted by molar-refractivity contribution is -0.862. The van der Waals surface area contributed by atoms with Crippen molar-refractivity contribution in [1.82, 2.24) is 0 Å². The van der Waals surface area contributed by atoms with Gasteiger partial charge in [0, 0.05) is 30.2 Å². The van der Waals surface area contributed by atoms with Crippen LogP contribution < -0.4 is 20.4 Å². The van der Waals surface area contributed by atoms with Gasteiger partial charge in [0.25, 0.3) is 11.8 Å². The van der Waals surface area contributed by atoms with Crippen LogP contribution in [0, 0.1) is 0 Å². The predicted molar refractivity (Wildman–Crippen MR) is 115 cm³/mol. The Balaban J connectivity index is 1.43. The molecule has 0 radical (unpaired) electrons. The van der Waals surface area contributed by atoms with Crippen molar-refractivity contribution >= 4 is 28.9 Å². The molecular weight excluding hydrogens is 425 g/mol. The van der Waals surface area contributed by atoms with Crippen LogP contribution in [0.5, 0.6) is 0 Å². The van der Waals surface area contributed by atoms with Crippen molar-refractivity contribution in [3.8, 4) is 0 Å². The zero-order valence-corrected chi connectivity index (χ0v) is 17.7. The minimum atomic E-state index is -4.43. The summed E-state index contributed by atoms with van der Waals surface area (Å²) in [6.07, 6.45) is -4.43. The highest BCUT2D eigenvalue weighted by molar-refractivity contribution is 5.93. The number of anilines is 3. The lowest BCUT2D eigenvalue weighted by Crippen LogP contribution is -3.11. The number of ether oxygens (including phenoxy) is 1. The van der Waals surface area contributed by atoms with Gasteiger partial charge >= 0.3 is 6.18 Å². The number of morpholine rings is 1. The first-order chi connectivity index (χ1) is 15.2. The standard InChI is InChI=1S/C22H25F3N4O3/c1-28(14-20(30)26-17-4-2-16(3-5-17)22(23,24)25)15-21(31)27-18-6-8-19(9-7-18)29-10-12-32-13-11-29/h2-9H,10-15H2,1H3,(H,26,30)(H,27,31)/p+1. The van der Waals surface area contributed by atoms with E-state index in [1.54, 1.807) is 7.05 Å². The van der Waals surface area contributed by atoms with Gasteiger partial charge in [-0.15, -0.1) is 0 Å². The summed E-state index contributed by atoms with van der Waals surface area (Å²) in [7, 11) is 1.69. The Morgan fingerprint density at radius 1 is 0.906 bits per heavy atom. The predicted octanol–water partition coefficient (Wildman–Crippen LogP) is 1.63. The molecule has 1 saturated heterocycles. The number of quaternary nitrogens is 1. The molecule has 0 spiro atoms. The van der Waals surface area contributed by atoms with E-state index in [2.05, 4.69) is 15.5 Å². The van der Waals surface area contributed by atoms with Crippen molar-refractivity contribution in [3.63, 3.8) is 0 Å². The van der Waals surface area contributed by atoms with Gasteiger partial charge in [-0.25, -0.2) is 0 Å². The molecule has 2 amide bonds. The topological polar surface area (TPSA) is 75.1 Å². The van der Waals surface area contributed by atoms with E-state index >= 15 is 0 Å². The normalized spacial score (nSPS) is 15.2. The van der Waals surface area contributed by atoms with E-state index in [-0.39, 0.29) is 24.7 Å². The highest BCUT2D eigenvalue weighted by atomic mass is 19.4. The largest absolute Gasteiger partial charge is 0.416 e. The molecule has 0 aliphatic carbocycles. The fraction of sp³-hybridized carbons (Fsp3) is 0.364. The molecule has 0 aromatic heterocycles. The van der Waals surface area contributed by atoms with Crippen molar-refractivity contribution in [3.05, 3.63) is 54.1 Å². The molecule has 2 aromatic carbocycles. The number of alkyl halides is 3. The van der Waals surface area contributed by atoms with Gasteiger partial charge in [0.05, 0.1) is 25.8 Å². The van der Waals surface area contributed by atoms with E-state index < -0.39 is 17.6 Å². The van der Waals surface area contributed by atoms with Gasteiger partial charge in [-0.2, -0.15) is 13.2 Å². The molecular formula is C22H26F3N4O3+. The van der Waals surface area contributed by atoms with Crippen LogP contribution in [0.25, 0.3) is 0 Å². The molecule has 32 heavy (non-hydrogen) atoms. The summed E-state index contributed by atoms with van der Waals surface area (Å²) >= 11 is 0. The number of nitrogens with zero attached hydrogens (tertiary/aromatic N) is 1. The first kappa shape index (κ1) is 23.6. The lowest BCUT2D eigenvalue weighted by atomic mass is 10.2. The Morgan fingerprint density at radius 3 is 1.84 bits per heavy atom. The fourth-order valence-electron chi connectivity index (χ4n) is 3.34. The molecule has 1 fully saturated rings. The van der Waals surface area contributed by atoms with Crippen LogP contribution in [0.2, 0.25) is 0 Å². The van der Waals surface area contributed by atoms with Crippen molar-refractivity contribution in [2.45, 2.75) is 6.18 Å². The molecule has 1 aliphatic heterocycles. The molecule has 10 heteroatoms. The molecule has 0 bridgehead atoms. The number of hydrogen-bond donors (Lipinski definition) is 3. The summed E-state index contributed by atoms with van der Waals surface area (Å²) < 4.78 is 43.1. The fourth-order valence-corrected chi connectivity index (χ4v) is 3.34. The number of benzene rings is 2. The van der Waals surface area contributed by atoms with Gasteiger partial charge in [0.15, 0.2) is 13.1 Å². The molecule has 3 rings (SSSR count). The summed E-state index contributed by atoms with van der Waals surface area (Å²) in [5.41, 5.74) is 1.21. The second-order valence-electron chi connectivity index (χ2n) is 7.63. The average Bonchev–Trinajstić information content (AvgIpc) is 2.74. The molecule has 3 N–H and O–H groups in total. The monoisotopic (exact) mass is 451 g/mol.